The highest BCUT2D eigenvalue weighted by Gasteiger charge is 2.41. The summed E-state index contributed by atoms with van der Waals surface area (Å²) in [6.07, 6.45) is 0. The molecular formula is C15H23BrN4O. The second-order valence-electron chi connectivity index (χ2n) is 7.06. The van der Waals surface area contributed by atoms with Gasteiger partial charge in [0.25, 0.3) is 0 Å². The van der Waals surface area contributed by atoms with Crippen LogP contribution in [0.2, 0.25) is 0 Å². The number of rotatable bonds is 1. The third kappa shape index (κ3) is 3.05. The molecule has 1 aromatic heterocycles. The van der Waals surface area contributed by atoms with Crippen LogP contribution in [0.4, 0.5) is 5.82 Å². The maximum atomic E-state index is 12.4. The molecule has 0 unspecified atom stereocenters. The van der Waals surface area contributed by atoms with Gasteiger partial charge in [-0.3, -0.25) is 4.79 Å². The van der Waals surface area contributed by atoms with Crippen LogP contribution in [0.5, 0.6) is 0 Å². The van der Waals surface area contributed by atoms with Crippen molar-refractivity contribution in [2.45, 2.75) is 45.6 Å². The van der Waals surface area contributed by atoms with E-state index < -0.39 is 5.54 Å². The van der Waals surface area contributed by atoms with Crippen molar-refractivity contribution in [2.75, 3.05) is 25.0 Å². The number of carbonyl (C=O) groups is 1. The topological polar surface area (TPSA) is 49.3 Å². The van der Waals surface area contributed by atoms with Gasteiger partial charge < -0.3 is 9.80 Å². The second-order valence-corrected chi connectivity index (χ2v) is 7.87. The number of likely N-dealkylation sites (N-methyl/N-ethyl adjacent to an activating group) is 1. The van der Waals surface area contributed by atoms with Crippen LogP contribution < -0.4 is 4.90 Å². The zero-order chi connectivity index (χ0) is 16.0. The maximum absolute atomic E-state index is 12.4. The Kier molecular flexibility index (Phi) is 4.04. The lowest BCUT2D eigenvalue weighted by molar-refractivity contribution is -0.136. The summed E-state index contributed by atoms with van der Waals surface area (Å²) in [5, 5.41) is 0. The summed E-state index contributed by atoms with van der Waals surface area (Å²) >= 11 is 3.46. The molecule has 116 valence electrons. The Morgan fingerprint density at radius 2 is 1.86 bits per heavy atom. The summed E-state index contributed by atoms with van der Waals surface area (Å²) in [5.41, 5.74) is -0.741. The number of amides is 1. The van der Waals surface area contributed by atoms with Crippen molar-refractivity contribution in [1.82, 2.24) is 14.9 Å². The SMILES string of the molecule is CN1CCN(c2cc(Br)nc(C(C)(C)C)n2)C(C)(C)C1=O. The van der Waals surface area contributed by atoms with Crippen LogP contribution in [0.1, 0.15) is 40.4 Å². The largest absolute Gasteiger partial charge is 0.342 e. The summed E-state index contributed by atoms with van der Waals surface area (Å²) in [4.78, 5) is 25.4. The van der Waals surface area contributed by atoms with E-state index in [1.54, 1.807) is 4.90 Å². The molecule has 2 heterocycles. The van der Waals surface area contributed by atoms with Gasteiger partial charge in [0.05, 0.1) is 0 Å². The second kappa shape index (κ2) is 5.23. The van der Waals surface area contributed by atoms with Crippen molar-refractivity contribution in [3.63, 3.8) is 0 Å². The van der Waals surface area contributed by atoms with Gasteiger partial charge in [0, 0.05) is 31.6 Å². The van der Waals surface area contributed by atoms with Crippen molar-refractivity contribution < 1.29 is 4.79 Å². The summed E-state index contributed by atoms with van der Waals surface area (Å²) < 4.78 is 0.750. The predicted octanol–water partition coefficient (Wildman–Crippen LogP) is 2.59. The Morgan fingerprint density at radius 1 is 1.24 bits per heavy atom. The molecule has 1 fully saturated rings. The molecular weight excluding hydrogens is 332 g/mol. The standard InChI is InChI=1S/C15H23BrN4O/c1-14(2,3)12-17-10(16)9-11(18-12)20-8-7-19(6)13(21)15(20,4)5/h9H,7-8H2,1-6H3. The average Bonchev–Trinajstić information content (AvgIpc) is 2.34. The van der Waals surface area contributed by atoms with Gasteiger partial charge in [0.2, 0.25) is 5.91 Å². The van der Waals surface area contributed by atoms with Gasteiger partial charge in [0.1, 0.15) is 21.8 Å². The van der Waals surface area contributed by atoms with Gasteiger partial charge >= 0.3 is 0 Å². The third-order valence-electron chi connectivity index (χ3n) is 3.83. The molecule has 0 N–H and O–H groups in total. The van der Waals surface area contributed by atoms with E-state index in [1.807, 2.05) is 27.0 Å². The summed E-state index contributed by atoms with van der Waals surface area (Å²) in [6.45, 7) is 11.6. The molecule has 2 rings (SSSR count). The quantitative estimate of drug-likeness (QED) is 0.727. The molecule has 6 heteroatoms. The van der Waals surface area contributed by atoms with Gasteiger partial charge in [-0.1, -0.05) is 20.8 Å². The smallest absolute Gasteiger partial charge is 0.247 e. The fourth-order valence-electron chi connectivity index (χ4n) is 2.49. The van der Waals surface area contributed by atoms with Crippen molar-refractivity contribution in [1.29, 1.82) is 0 Å². The fourth-order valence-corrected chi connectivity index (χ4v) is 2.87. The molecule has 0 atom stereocenters. The first kappa shape index (κ1) is 16.2. The van der Waals surface area contributed by atoms with Crippen LogP contribution in [0, 0.1) is 0 Å². The van der Waals surface area contributed by atoms with Crippen LogP contribution in [-0.4, -0.2) is 46.5 Å². The number of piperazine rings is 1. The number of carbonyl (C=O) groups excluding carboxylic acids is 1. The molecule has 0 saturated carbocycles. The molecule has 0 aliphatic carbocycles. The summed E-state index contributed by atoms with van der Waals surface area (Å²) in [6, 6.07) is 1.88. The Morgan fingerprint density at radius 3 is 2.43 bits per heavy atom. The molecule has 21 heavy (non-hydrogen) atoms. The lowest BCUT2D eigenvalue weighted by Gasteiger charge is -2.45. The Hall–Kier alpha value is -1.17. The van der Waals surface area contributed by atoms with E-state index in [2.05, 4.69) is 46.6 Å². The minimum absolute atomic E-state index is 0.112. The lowest BCUT2D eigenvalue weighted by Crippen LogP contribution is -2.62. The van der Waals surface area contributed by atoms with Crippen LogP contribution in [0.3, 0.4) is 0 Å². The molecule has 0 radical (unpaired) electrons. The first-order valence-electron chi connectivity index (χ1n) is 7.12. The Bertz CT molecular complexity index is 565. The van der Waals surface area contributed by atoms with E-state index >= 15 is 0 Å². The number of nitrogens with zero attached hydrogens (tertiary/aromatic N) is 4. The highest BCUT2D eigenvalue weighted by atomic mass is 79.9. The van der Waals surface area contributed by atoms with Crippen molar-refractivity contribution in [2.24, 2.45) is 0 Å². The maximum Gasteiger partial charge on any atom is 0.247 e. The van der Waals surface area contributed by atoms with Gasteiger partial charge in [-0.15, -0.1) is 0 Å². The number of halogens is 1. The predicted molar refractivity (Wildman–Crippen MR) is 87.5 cm³/mol. The lowest BCUT2D eigenvalue weighted by atomic mass is 9.95. The van der Waals surface area contributed by atoms with Crippen molar-refractivity contribution >= 4 is 27.7 Å². The first-order valence-corrected chi connectivity index (χ1v) is 7.91. The number of aromatic nitrogens is 2. The number of hydrogen-bond acceptors (Lipinski definition) is 4. The highest BCUT2D eigenvalue weighted by molar-refractivity contribution is 9.10. The Balaban J connectivity index is 2.47. The average molecular weight is 355 g/mol. The molecule has 1 saturated heterocycles. The number of hydrogen-bond donors (Lipinski definition) is 0. The summed E-state index contributed by atoms with van der Waals surface area (Å²) in [5.74, 6) is 1.68. The van der Waals surface area contributed by atoms with Gasteiger partial charge in [0.15, 0.2) is 0 Å². The summed E-state index contributed by atoms with van der Waals surface area (Å²) in [7, 11) is 1.85. The van der Waals surface area contributed by atoms with Crippen LogP contribution in [-0.2, 0) is 10.2 Å². The van der Waals surface area contributed by atoms with Gasteiger partial charge in [-0.05, 0) is 29.8 Å². The van der Waals surface area contributed by atoms with Crippen molar-refractivity contribution in [3.8, 4) is 0 Å². The van der Waals surface area contributed by atoms with E-state index in [0.29, 0.717) is 6.54 Å². The highest BCUT2D eigenvalue weighted by Crippen LogP contribution is 2.30. The van der Waals surface area contributed by atoms with Crippen molar-refractivity contribution in [3.05, 3.63) is 16.5 Å². The first-order chi connectivity index (χ1) is 9.53. The normalized spacial score (nSPS) is 19.1. The van der Waals surface area contributed by atoms with Crippen LogP contribution in [0.15, 0.2) is 10.7 Å². The minimum atomic E-state index is -0.601. The van der Waals surface area contributed by atoms with E-state index in [4.69, 9.17) is 4.98 Å². The molecule has 1 amide bonds. The molecule has 5 nitrogen and oxygen atoms in total. The van der Waals surface area contributed by atoms with E-state index in [0.717, 1.165) is 22.8 Å². The Labute approximate surface area is 134 Å². The molecule has 1 aliphatic heterocycles. The molecule has 0 bridgehead atoms. The van der Waals surface area contributed by atoms with Crippen LogP contribution in [0.25, 0.3) is 0 Å². The van der Waals surface area contributed by atoms with E-state index in [9.17, 15) is 4.79 Å². The molecule has 0 spiro atoms. The minimum Gasteiger partial charge on any atom is -0.342 e. The zero-order valence-corrected chi connectivity index (χ0v) is 15.2. The van der Waals surface area contributed by atoms with Gasteiger partial charge in [-0.25, -0.2) is 9.97 Å². The fraction of sp³-hybridized carbons (Fsp3) is 0.667. The van der Waals surface area contributed by atoms with E-state index in [1.165, 1.54) is 0 Å². The molecule has 0 aromatic carbocycles. The molecule has 1 aliphatic rings. The third-order valence-corrected chi connectivity index (χ3v) is 4.24. The molecule has 1 aromatic rings. The zero-order valence-electron chi connectivity index (χ0n) is 13.6. The van der Waals surface area contributed by atoms with E-state index in [-0.39, 0.29) is 11.3 Å². The van der Waals surface area contributed by atoms with Crippen LogP contribution >= 0.6 is 15.9 Å². The monoisotopic (exact) mass is 354 g/mol. The number of anilines is 1. The van der Waals surface area contributed by atoms with Gasteiger partial charge in [-0.2, -0.15) is 0 Å².